The third-order valence-corrected chi connectivity index (χ3v) is 10.3. The van der Waals surface area contributed by atoms with Crippen LogP contribution in [0.1, 0.15) is 42.7 Å². The van der Waals surface area contributed by atoms with E-state index in [0.717, 1.165) is 39.1 Å². The van der Waals surface area contributed by atoms with Crippen molar-refractivity contribution >= 4 is 52.2 Å². The molecule has 0 aliphatic carbocycles. The quantitative estimate of drug-likeness (QED) is 0.227. The zero-order valence-corrected chi connectivity index (χ0v) is 25.2. The number of halogens is 1. The van der Waals surface area contributed by atoms with Crippen LogP contribution in [0.25, 0.3) is 0 Å². The second-order valence-corrected chi connectivity index (χ2v) is 13.7. The summed E-state index contributed by atoms with van der Waals surface area (Å²) in [6, 6.07) is 19.0. The van der Waals surface area contributed by atoms with Crippen LogP contribution in [-0.4, -0.2) is 32.6 Å². The van der Waals surface area contributed by atoms with Gasteiger partial charge in [-0.1, -0.05) is 68.1 Å². The molecule has 6 rings (SSSR count). The highest BCUT2D eigenvalue weighted by Crippen LogP contribution is 2.54. The Morgan fingerprint density at radius 2 is 1.58 bits per heavy atom. The third-order valence-electron chi connectivity index (χ3n) is 7.72. The van der Waals surface area contributed by atoms with Gasteiger partial charge in [0.2, 0.25) is 17.7 Å². The standard InChI is InChI=1S/C32H28FN3O5S2/c1-32(2,3)18-6-4-17(5-7-18)24-25-26(29(40)36(28(25)39)21-12-8-19(33)9-13-21)42-30-27(24)43-31(41)35(30)16-23(38)34-20-10-14-22(37)15-11-20/h4-15,24-26,37H,16H2,1-3H3,(H,34,38). The highest BCUT2D eigenvalue weighted by Gasteiger charge is 2.56. The van der Waals surface area contributed by atoms with Gasteiger partial charge in [-0.25, -0.2) is 9.29 Å². The van der Waals surface area contributed by atoms with Crippen LogP contribution in [0.2, 0.25) is 0 Å². The van der Waals surface area contributed by atoms with Crippen LogP contribution < -0.4 is 15.1 Å². The highest BCUT2D eigenvalue weighted by molar-refractivity contribution is 8.00. The van der Waals surface area contributed by atoms with Gasteiger partial charge in [0, 0.05) is 16.5 Å². The summed E-state index contributed by atoms with van der Waals surface area (Å²) in [4.78, 5) is 55.5. The van der Waals surface area contributed by atoms with Gasteiger partial charge in [0.25, 0.3) is 0 Å². The van der Waals surface area contributed by atoms with Crippen molar-refractivity contribution < 1.29 is 23.9 Å². The molecule has 2 aliphatic heterocycles. The number of thioether (sulfide) groups is 1. The lowest BCUT2D eigenvalue weighted by molar-refractivity contribution is -0.122. The van der Waals surface area contributed by atoms with Gasteiger partial charge in [-0.15, -0.1) is 0 Å². The number of anilines is 2. The predicted molar refractivity (Wildman–Crippen MR) is 164 cm³/mol. The van der Waals surface area contributed by atoms with Gasteiger partial charge in [0.15, 0.2) is 0 Å². The van der Waals surface area contributed by atoms with Gasteiger partial charge in [-0.05, 0) is 65.1 Å². The van der Waals surface area contributed by atoms with E-state index in [1.54, 1.807) is 12.1 Å². The minimum absolute atomic E-state index is 0.0547. The van der Waals surface area contributed by atoms with E-state index in [9.17, 15) is 28.7 Å². The Kier molecular flexibility index (Phi) is 7.26. The molecular weight excluding hydrogens is 590 g/mol. The van der Waals surface area contributed by atoms with Crippen LogP contribution in [-0.2, 0) is 26.3 Å². The minimum Gasteiger partial charge on any atom is -0.508 e. The van der Waals surface area contributed by atoms with E-state index in [4.69, 9.17) is 0 Å². The molecule has 2 aliphatic rings. The fraction of sp³-hybridized carbons (Fsp3) is 0.250. The Labute approximate surface area is 255 Å². The molecule has 3 unspecified atom stereocenters. The zero-order valence-electron chi connectivity index (χ0n) is 23.5. The molecule has 3 amide bonds. The fourth-order valence-corrected chi connectivity index (χ4v) is 8.31. The lowest BCUT2D eigenvalue weighted by Crippen LogP contribution is -2.33. The number of rotatable bonds is 5. The van der Waals surface area contributed by atoms with Crippen molar-refractivity contribution in [1.29, 1.82) is 0 Å². The van der Waals surface area contributed by atoms with Gasteiger partial charge in [-0.2, -0.15) is 0 Å². The molecule has 2 N–H and O–H groups in total. The van der Waals surface area contributed by atoms with Gasteiger partial charge in [0.1, 0.15) is 23.4 Å². The van der Waals surface area contributed by atoms with E-state index in [1.165, 1.54) is 41.0 Å². The number of phenols is 1. The van der Waals surface area contributed by atoms with Crippen molar-refractivity contribution in [1.82, 2.24) is 4.57 Å². The molecule has 43 heavy (non-hydrogen) atoms. The number of carbonyl (C=O) groups is 3. The Morgan fingerprint density at radius 1 is 0.930 bits per heavy atom. The van der Waals surface area contributed by atoms with Crippen molar-refractivity contribution in [2.24, 2.45) is 5.92 Å². The number of hydrogen-bond donors (Lipinski definition) is 2. The summed E-state index contributed by atoms with van der Waals surface area (Å²) in [6.07, 6.45) is 0. The van der Waals surface area contributed by atoms with E-state index >= 15 is 0 Å². The maximum absolute atomic E-state index is 14.0. The number of phenolic OH excluding ortho intramolecular Hbond substituents is 1. The number of hydrogen-bond acceptors (Lipinski definition) is 7. The molecule has 0 saturated carbocycles. The molecule has 1 fully saturated rings. The first-order valence-corrected chi connectivity index (χ1v) is 15.3. The Morgan fingerprint density at radius 3 is 2.21 bits per heavy atom. The summed E-state index contributed by atoms with van der Waals surface area (Å²) < 4.78 is 15.0. The Balaban J connectivity index is 1.41. The number of thiazole rings is 1. The van der Waals surface area contributed by atoms with E-state index < -0.39 is 40.6 Å². The number of aromatic nitrogens is 1. The molecule has 1 saturated heterocycles. The Hall–Kier alpha value is -4.22. The minimum atomic E-state index is -0.849. The average molecular weight is 618 g/mol. The first-order chi connectivity index (χ1) is 20.4. The number of nitrogens with zero attached hydrogens (tertiary/aromatic N) is 2. The van der Waals surface area contributed by atoms with Gasteiger partial charge >= 0.3 is 4.87 Å². The summed E-state index contributed by atoms with van der Waals surface area (Å²) in [7, 11) is 0. The van der Waals surface area contributed by atoms with Gasteiger partial charge in [-0.3, -0.25) is 23.7 Å². The van der Waals surface area contributed by atoms with Crippen LogP contribution in [0.3, 0.4) is 0 Å². The van der Waals surface area contributed by atoms with Crippen LogP contribution >= 0.6 is 23.1 Å². The van der Waals surface area contributed by atoms with Crippen LogP contribution in [0.15, 0.2) is 82.6 Å². The topological polar surface area (TPSA) is 109 Å². The lowest BCUT2D eigenvalue weighted by Gasteiger charge is -2.31. The van der Waals surface area contributed by atoms with Gasteiger partial charge < -0.3 is 10.4 Å². The number of carbonyl (C=O) groups excluding carboxylic acids is 3. The molecule has 3 aromatic carbocycles. The van der Waals surface area contributed by atoms with E-state index in [-0.39, 0.29) is 28.3 Å². The van der Waals surface area contributed by atoms with Crippen LogP contribution in [0.5, 0.6) is 5.75 Å². The highest BCUT2D eigenvalue weighted by atomic mass is 32.2. The van der Waals surface area contributed by atoms with Crippen LogP contribution in [0, 0.1) is 11.7 Å². The number of amides is 3. The SMILES string of the molecule is CC(C)(C)c1ccc(C2c3sc(=O)n(CC(=O)Nc4ccc(O)cc4)c3SC3C(=O)N(c4ccc(F)cc4)C(=O)C32)cc1. The second-order valence-electron chi connectivity index (χ2n) is 11.6. The van der Waals surface area contributed by atoms with Crippen molar-refractivity contribution in [2.45, 2.75) is 48.9 Å². The molecule has 0 radical (unpaired) electrons. The van der Waals surface area contributed by atoms with Crippen molar-refractivity contribution in [3.63, 3.8) is 0 Å². The molecule has 0 spiro atoms. The Bertz CT molecular complexity index is 1790. The number of imide groups is 1. The molecule has 11 heteroatoms. The summed E-state index contributed by atoms with van der Waals surface area (Å²) in [6.45, 7) is 6.00. The number of nitrogens with one attached hydrogen (secondary N) is 1. The summed E-state index contributed by atoms with van der Waals surface area (Å²) >= 11 is 2.09. The third kappa shape index (κ3) is 5.27. The molecular formula is C32H28FN3O5S2. The maximum atomic E-state index is 14.0. The molecule has 3 atom stereocenters. The second kappa shape index (κ2) is 10.8. The maximum Gasteiger partial charge on any atom is 0.308 e. The smallest absolute Gasteiger partial charge is 0.308 e. The van der Waals surface area contributed by atoms with Crippen molar-refractivity contribution in [2.75, 3.05) is 10.2 Å². The summed E-state index contributed by atoms with van der Waals surface area (Å²) in [5, 5.41) is 11.9. The number of benzene rings is 3. The predicted octanol–water partition coefficient (Wildman–Crippen LogP) is 5.49. The fourth-order valence-electron chi connectivity index (χ4n) is 5.54. The first-order valence-electron chi connectivity index (χ1n) is 13.7. The average Bonchev–Trinajstić information content (AvgIpc) is 3.40. The molecule has 220 valence electrons. The summed E-state index contributed by atoms with van der Waals surface area (Å²) in [5.74, 6) is -3.15. The van der Waals surface area contributed by atoms with E-state index in [0.29, 0.717) is 15.6 Å². The number of fused-ring (bicyclic) bond motifs is 2. The van der Waals surface area contributed by atoms with E-state index in [1.807, 2.05) is 24.3 Å². The molecule has 4 aromatic rings. The normalized spacial score (nSPS) is 19.7. The molecule has 3 heterocycles. The van der Waals surface area contributed by atoms with Crippen molar-refractivity contribution in [3.8, 4) is 5.75 Å². The summed E-state index contributed by atoms with van der Waals surface area (Å²) in [5.41, 5.74) is 2.51. The molecule has 8 nitrogen and oxygen atoms in total. The monoisotopic (exact) mass is 617 g/mol. The van der Waals surface area contributed by atoms with Gasteiger partial charge in [0.05, 0.1) is 16.6 Å². The lowest BCUT2D eigenvalue weighted by atomic mass is 9.81. The first kappa shape index (κ1) is 28.9. The molecule has 0 bridgehead atoms. The zero-order chi connectivity index (χ0) is 30.6. The van der Waals surface area contributed by atoms with E-state index in [2.05, 4.69) is 26.1 Å². The number of aromatic hydroxyl groups is 1. The van der Waals surface area contributed by atoms with Crippen molar-refractivity contribution in [3.05, 3.63) is 104 Å². The molecule has 1 aromatic heterocycles. The van der Waals surface area contributed by atoms with Crippen LogP contribution in [0.4, 0.5) is 15.8 Å². The largest absolute Gasteiger partial charge is 0.508 e.